The average Bonchev–Trinajstić information content (AvgIpc) is 2.29. The summed E-state index contributed by atoms with van der Waals surface area (Å²) in [5.74, 6) is -0.121. The standard InChI is InChI=1S/C10H20N2O4/c1-15-7-8(6-13)12-10(14)4-9-5-11-2-3-16-9/h8-9,11,13H,2-7H2,1H3,(H,12,14). The minimum absolute atomic E-state index is 0.0735. The summed E-state index contributed by atoms with van der Waals surface area (Å²) >= 11 is 0. The minimum atomic E-state index is -0.339. The molecule has 1 aliphatic rings. The van der Waals surface area contributed by atoms with Gasteiger partial charge in [0.25, 0.3) is 0 Å². The quantitative estimate of drug-likeness (QED) is 0.519. The van der Waals surface area contributed by atoms with E-state index in [1.807, 2.05) is 0 Å². The van der Waals surface area contributed by atoms with Crippen molar-refractivity contribution in [3.8, 4) is 0 Å². The van der Waals surface area contributed by atoms with Crippen LogP contribution in [-0.2, 0) is 14.3 Å². The van der Waals surface area contributed by atoms with Crippen LogP contribution in [0.25, 0.3) is 0 Å². The fraction of sp³-hybridized carbons (Fsp3) is 0.900. The molecule has 2 atom stereocenters. The Bertz CT molecular complexity index is 198. The molecule has 0 bridgehead atoms. The molecule has 0 saturated carbocycles. The van der Waals surface area contributed by atoms with Crippen molar-refractivity contribution in [2.45, 2.75) is 18.6 Å². The number of methoxy groups -OCH3 is 1. The van der Waals surface area contributed by atoms with Gasteiger partial charge >= 0.3 is 0 Å². The number of nitrogens with one attached hydrogen (secondary N) is 2. The summed E-state index contributed by atoms with van der Waals surface area (Å²) in [5, 5.41) is 14.8. The zero-order chi connectivity index (χ0) is 11.8. The SMILES string of the molecule is COCC(CO)NC(=O)CC1CNCCO1. The molecule has 1 aliphatic heterocycles. The lowest BCUT2D eigenvalue weighted by Crippen LogP contribution is -2.45. The highest BCUT2D eigenvalue weighted by Gasteiger charge is 2.19. The van der Waals surface area contributed by atoms with Crippen molar-refractivity contribution in [2.24, 2.45) is 0 Å². The number of carbonyl (C=O) groups excluding carboxylic acids is 1. The fourth-order valence-corrected chi connectivity index (χ4v) is 1.59. The molecular weight excluding hydrogens is 212 g/mol. The van der Waals surface area contributed by atoms with Gasteiger partial charge in [-0.3, -0.25) is 4.79 Å². The number of hydrogen-bond donors (Lipinski definition) is 3. The number of carbonyl (C=O) groups is 1. The number of amides is 1. The third-order valence-corrected chi connectivity index (χ3v) is 2.37. The van der Waals surface area contributed by atoms with Gasteiger partial charge in [-0.15, -0.1) is 0 Å². The Labute approximate surface area is 95.3 Å². The molecule has 1 rings (SSSR count). The highest BCUT2D eigenvalue weighted by atomic mass is 16.5. The molecule has 0 aromatic rings. The largest absolute Gasteiger partial charge is 0.394 e. The van der Waals surface area contributed by atoms with Crippen molar-refractivity contribution in [1.29, 1.82) is 0 Å². The van der Waals surface area contributed by atoms with Crippen LogP contribution in [0.2, 0.25) is 0 Å². The van der Waals surface area contributed by atoms with E-state index >= 15 is 0 Å². The van der Waals surface area contributed by atoms with Gasteiger partial charge in [0.2, 0.25) is 5.91 Å². The van der Waals surface area contributed by atoms with E-state index in [4.69, 9.17) is 14.6 Å². The lowest BCUT2D eigenvalue weighted by molar-refractivity contribution is -0.125. The first-order valence-corrected chi connectivity index (χ1v) is 5.47. The van der Waals surface area contributed by atoms with E-state index in [9.17, 15) is 4.79 Å². The molecule has 0 spiro atoms. The summed E-state index contributed by atoms with van der Waals surface area (Å²) in [6, 6.07) is -0.339. The van der Waals surface area contributed by atoms with Crippen LogP contribution in [0.5, 0.6) is 0 Å². The number of morpholine rings is 1. The predicted octanol–water partition coefficient (Wildman–Crippen LogP) is -1.51. The maximum Gasteiger partial charge on any atom is 0.223 e. The van der Waals surface area contributed by atoms with Gasteiger partial charge in [0.1, 0.15) is 0 Å². The Morgan fingerprint density at radius 2 is 2.56 bits per heavy atom. The van der Waals surface area contributed by atoms with E-state index in [1.165, 1.54) is 7.11 Å². The topological polar surface area (TPSA) is 79.8 Å². The number of rotatable bonds is 6. The second-order valence-corrected chi connectivity index (χ2v) is 3.80. The molecule has 6 nitrogen and oxygen atoms in total. The molecule has 94 valence electrons. The smallest absolute Gasteiger partial charge is 0.223 e. The Morgan fingerprint density at radius 1 is 1.75 bits per heavy atom. The summed E-state index contributed by atoms with van der Waals surface area (Å²) in [6.45, 7) is 2.36. The summed E-state index contributed by atoms with van der Waals surface area (Å²) < 4.78 is 10.3. The van der Waals surface area contributed by atoms with Crippen LogP contribution in [0.1, 0.15) is 6.42 Å². The Morgan fingerprint density at radius 3 is 3.12 bits per heavy atom. The molecule has 1 amide bonds. The summed E-state index contributed by atoms with van der Waals surface area (Å²) in [7, 11) is 1.53. The van der Waals surface area contributed by atoms with Crippen molar-refractivity contribution in [3.63, 3.8) is 0 Å². The van der Waals surface area contributed by atoms with Crippen molar-refractivity contribution in [3.05, 3.63) is 0 Å². The molecule has 0 radical (unpaired) electrons. The lowest BCUT2D eigenvalue weighted by Gasteiger charge is -2.24. The van der Waals surface area contributed by atoms with E-state index < -0.39 is 0 Å². The molecular formula is C10H20N2O4. The van der Waals surface area contributed by atoms with Gasteiger partial charge in [-0.05, 0) is 0 Å². The van der Waals surface area contributed by atoms with Crippen LogP contribution in [0.15, 0.2) is 0 Å². The van der Waals surface area contributed by atoms with Gasteiger partial charge in [0, 0.05) is 20.2 Å². The minimum Gasteiger partial charge on any atom is -0.394 e. The highest BCUT2D eigenvalue weighted by Crippen LogP contribution is 2.01. The zero-order valence-corrected chi connectivity index (χ0v) is 9.57. The molecule has 1 fully saturated rings. The van der Waals surface area contributed by atoms with Crippen LogP contribution in [-0.4, -0.2) is 63.2 Å². The molecule has 1 saturated heterocycles. The maximum absolute atomic E-state index is 11.6. The molecule has 0 aliphatic carbocycles. The molecule has 16 heavy (non-hydrogen) atoms. The van der Waals surface area contributed by atoms with Gasteiger partial charge in [0.05, 0.1) is 38.4 Å². The van der Waals surface area contributed by atoms with E-state index in [0.717, 1.165) is 6.54 Å². The average molecular weight is 232 g/mol. The molecule has 0 aromatic heterocycles. The summed E-state index contributed by atoms with van der Waals surface area (Å²) in [4.78, 5) is 11.6. The van der Waals surface area contributed by atoms with Crippen LogP contribution in [0, 0.1) is 0 Å². The normalized spacial score (nSPS) is 22.8. The first kappa shape index (κ1) is 13.4. The second kappa shape index (κ2) is 7.56. The second-order valence-electron chi connectivity index (χ2n) is 3.80. The monoisotopic (exact) mass is 232 g/mol. The van der Waals surface area contributed by atoms with Crippen LogP contribution >= 0.6 is 0 Å². The molecule has 0 aromatic carbocycles. The van der Waals surface area contributed by atoms with E-state index in [-0.39, 0.29) is 24.7 Å². The first-order valence-electron chi connectivity index (χ1n) is 5.47. The zero-order valence-electron chi connectivity index (χ0n) is 9.57. The highest BCUT2D eigenvalue weighted by molar-refractivity contribution is 5.76. The summed E-state index contributed by atoms with van der Waals surface area (Å²) in [6.07, 6.45) is 0.239. The number of aliphatic hydroxyl groups excluding tert-OH is 1. The van der Waals surface area contributed by atoms with Gasteiger partial charge in [-0.1, -0.05) is 0 Å². The van der Waals surface area contributed by atoms with Crippen molar-refractivity contribution >= 4 is 5.91 Å². The number of aliphatic hydroxyl groups is 1. The third-order valence-electron chi connectivity index (χ3n) is 2.37. The Balaban J connectivity index is 2.22. The van der Waals surface area contributed by atoms with Crippen LogP contribution in [0.4, 0.5) is 0 Å². The van der Waals surface area contributed by atoms with E-state index in [0.29, 0.717) is 26.2 Å². The first-order chi connectivity index (χ1) is 7.76. The van der Waals surface area contributed by atoms with E-state index in [2.05, 4.69) is 10.6 Å². The van der Waals surface area contributed by atoms with Crippen LogP contribution < -0.4 is 10.6 Å². The Hall–Kier alpha value is -0.690. The fourth-order valence-electron chi connectivity index (χ4n) is 1.59. The van der Waals surface area contributed by atoms with E-state index in [1.54, 1.807) is 0 Å². The predicted molar refractivity (Wildman–Crippen MR) is 58.1 cm³/mol. The van der Waals surface area contributed by atoms with Crippen LogP contribution in [0.3, 0.4) is 0 Å². The van der Waals surface area contributed by atoms with Gasteiger partial charge in [-0.2, -0.15) is 0 Å². The van der Waals surface area contributed by atoms with Crippen molar-refractivity contribution in [2.75, 3.05) is 40.0 Å². The molecule has 2 unspecified atom stereocenters. The molecule has 1 heterocycles. The number of hydrogen-bond acceptors (Lipinski definition) is 5. The van der Waals surface area contributed by atoms with Crippen molar-refractivity contribution < 1.29 is 19.4 Å². The lowest BCUT2D eigenvalue weighted by atomic mass is 10.2. The summed E-state index contributed by atoms with van der Waals surface area (Å²) in [5.41, 5.74) is 0. The van der Waals surface area contributed by atoms with Crippen molar-refractivity contribution in [1.82, 2.24) is 10.6 Å². The molecule has 6 heteroatoms. The molecule has 3 N–H and O–H groups in total. The maximum atomic E-state index is 11.6. The Kier molecular flexibility index (Phi) is 6.32. The van der Waals surface area contributed by atoms with Gasteiger partial charge in [-0.25, -0.2) is 0 Å². The van der Waals surface area contributed by atoms with Gasteiger partial charge < -0.3 is 25.2 Å². The third kappa shape index (κ3) is 4.89. The number of ether oxygens (including phenoxy) is 2. The van der Waals surface area contributed by atoms with Gasteiger partial charge in [0.15, 0.2) is 0 Å².